The van der Waals surface area contributed by atoms with Crippen LogP contribution in [0, 0.1) is 6.92 Å². The number of aryl methyl sites for hydroxylation is 1. The number of rotatable bonds is 5. The van der Waals surface area contributed by atoms with Crippen molar-refractivity contribution < 1.29 is 9.13 Å². The predicted molar refractivity (Wildman–Crippen MR) is 95.0 cm³/mol. The first-order valence-electron chi connectivity index (χ1n) is 8.38. The molecule has 0 amide bonds. The molecule has 1 aromatic carbocycles. The van der Waals surface area contributed by atoms with Gasteiger partial charge in [-0.2, -0.15) is 0 Å². The summed E-state index contributed by atoms with van der Waals surface area (Å²) in [5.41, 5.74) is -0.374. The first kappa shape index (κ1) is 15.7. The second kappa shape index (κ2) is 6.27. The molecular weight excluding hydrogens is 319 g/mol. The fraction of sp³-hybridized carbons (Fsp3) is 0.316. The van der Waals surface area contributed by atoms with E-state index >= 15 is 0 Å². The van der Waals surface area contributed by atoms with E-state index in [4.69, 9.17) is 4.74 Å². The standard InChI is InChI=1S/C19H19FN4O/c1-13-22-10-15(11-23-13)24-18-17-4-3-16(9-14(17)5-8-21-18)25-12-19(20)6-2-7-19/h3-5,8-11H,2,6-7,12H2,1H3,(H,21,24). The van der Waals surface area contributed by atoms with Gasteiger partial charge in [-0.05, 0) is 55.8 Å². The molecule has 1 aliphatic rings. The Morgan fingerprint density at radius 2 is 1.96 bits per heavy atom. The van der Waals surface area contributed by atoms with Crippen LogP contribution >= 0.6 is 0 Å². The van der Waals surface area contributed by atoms with Crippen LogP contribution in [0.5, 0.6) is 5.75 Å². The van der Waals surface area contributed by atoms with E-state index in [1.165, 1.54) is 0 Å². The predicted octanol–water partition coefficient (Wildman–Crippen LogP) is 4.35. The van der Waals surface area contributed by atoms with E-state index in [1.807, 2.05) is 31.2 Å². The average Bonchev–Trinajstić information content (AvgIpc) is 2.60. The summed E-state index contributed by atoms with van der Waals surface area (Å²) < 4.78 is 19.7. The highest BCUT2D eigenvalue weighted by Crippen LogP contribution is 2.36. The summed E-state index contributed by atoms with van der Waals surface area (Å²) in [7, 11) is 0. The molecule has 0 radical (unpaired) electrons. The van der Waals surface area contributed by atoms with E-state index in [9.17, 15) is 4.39 Å². The summed E-state index contributed by atoms with van der Waals surface area (Å²) in [6.45, 7) is 1.96. The molecule has 1 saturated carbocycles. The number of alkyl halides is 1. The largest absolute Gasteiger partial charge is 0.490 e. The smallest absolute Gasteiger partial charge is 0.144 e. The molecule has 0 unspecified atom stereocenters. The number of nitrogens with zero attached hydrogens (tertiary/aromatic N) is 3. The molecule has 0 bridgehead atoms. The number of hydrogen-bond acceptors (Lipinski definition) is 5. The Hall–Kier alpha value is -2.76. The van der Waals surface area contributed by atoms with Gasteiger partial charge in [0.15, 0.2) is 0 Å². The SMILES string of the molecule is Cc1ncc(Nc2nccc3cc(OCC4(F)CCC4)ccc23)cn1. The van der Waals surface area contributed by atoms with Gasteiger partial charge in [0.25, 0.3) is 0 Å². The van der Waals surface area contributed by atoms with E-state index in [2.05, 4.69) is 20.3 Å². The van der Waals surface area contributed by atoms with Crippen LogP contribution in [0.1, 0.15) is 25.1 Å². The Kier molecular flexibility index (Phi) is 3.95. The zero-order valence-corrected chi connectivity index (χ0v) is 14.0. The van der Waals surface area contributed by atoms with Gasteiger partial charge in [-0.3, -0.25) is 0 Å². The van der Waals surface area contributed by atoms with Gasteiger partial charge in [-0.1, -0.05) is 0 Å². The number of pyridine rings is 1. The quantitative estimate of drug-likeness (QED) is 0.749. The summed E-state index contributed by atoms with van der Waals surface area (Å²) in [4.78, 5) is 12.7. The maximum Gasteiger partial charge on any atom is 0.144 e. The van der Waals surface area contributed by atoms with E-state index in [1.54, 1.807) is 18.6 Å². The monoisotopic (exact) mass is 338 g/mol. The molecule has 25 heavy (non-hydrogen) atoms. The highest BCUT2D eigenvalue weighted by Gasteiger charge is 2.37. The van der Waals surface area contributed by atoms with Crippen LogP contribution in [0.25, 0.3) is 10.8 Å². The maximum absolute atomic E-state index is 14.1. The number of ether oxygens (including phenoxy) is 1. The summed E-state index contributed by atoms with van der Waals surface area (Å²) in [5.74, 6) is 2.11. The van der Waals surface area contributed by atoms with Gasteiger partial charge in [0.1, 0.15) is 29.7 Å². The fourth-order valence-corrected chi connectivity index (χ4v) is 2.86. The molecule has 0 atom stereocenters. The molecule has 5 nitrogen and oxygen atoms in total. The Balaban J connectivity index is 1.55. The Bertz CT molecular complexity index is 894. The van der Waals surface area contributed by atoms with E-state index in [0.717, 1.165) is 34.5 Å². The molecule has 1 N–H and O–H groups in total. The summed E-state index contributed by atoms with van der Waals surface area (Å²) >= 11 is 0. The molecule has 128 valence electrons. The second-order valence-electron chi connectivity index (χ2n) is 6.48. The average molecular weight is 338 g/mol. The van der Waals surface area contributed by atoms with Gasteiger partial charge in [0.05, 0.1) is 18.1 Å². The van der Waals surface area contributed by atoms with Crippen molar-refractivity contribution in [2.45, 2.75) is 31.9 Å². The van der Waals surface area contributed by atoms with Crippen molar-refractivity contribution in [1.82, 2.24) is 15.0 Å². The third-order valence-corrected chi connectivity index (χ3v) is 4.53. The lowest BCUT2D eigenvalue weighted by Crippen LogP contribution is -2.38. The summed E-state index contributed by atoms with van der Waals surface area (Å²) in [5, 5.41) is 5.16. The topological polar surface area (TPSA) is 59.9 Å². The molecule has 2 heterocycles. The summed E-state index contributed by atoms with van der Waals surface area (Å²) in [6, 6.07) is 7.60. The lowest BCUT2D eigenvalue weighted by molar-refractivity contribution is 0.0125. The van der Waals surface area contributed by atoms with Gasteiger partial charge in [0, 0.05) is 11.6 Å². The van der Waals surface area contributed by atoms with Gasteiger partial charge in [0.2, 0.25) is 0 Å². The number of fused-ring (bicyclic) bond motifs is 1. The Morgan fingerprint density at radius 1 is 1.16 bits per heavy atom. The number of hydrogen-bond donors (Lipinski definition) is 1. The second-order valence-corrected chi connectivity index (χ2v) is 6.48. The third kappa shape index (κ3) is 3.38. The minimum absolute atomic E-state index is 0.120. The van der Waals surface area contributed by atoms with Crippen molar-refractivity contribution in [2.75, 3.05) is 11.9 Å². The van der Waals surface area contributed by atoms with Crippen LogP contribution in [0.4, 0.5) is 15.9 Å². The third-order valence-electron chi connectivity index (χ3n) is 4.53. The van der Waals surface area contributed by atoms with Gasteiger partial charge >= 0.3 is 0 Å². The number of halogens is 1. The van der Waals surface area contributed by atoms with Gasteiger partial charge in [-0.25, -0.2) is 19.3 Å². The van der Waals surface area contributed by atoms with Crippen molar-refractivity contribution >= 4 is 22.3 Å². The molecule has 0 aliphatic heterocycles. The van der Waals surface area contributed by atoms with E-state index < -0.39 is 5.67 Å². The molecule has 1 aliphatic carbocycles. The molecule has 0 spiro atoms. The van der Waals surface area contributed by atoms with Crippen LogP contribution in [0.15, 0.2) is 42.9 Å². The molecule has 4 rings (SSSR count). The number of aromatic nitrogens is 3. The Morgan fingerprint density at radius 3 is 2.68 bits per heavy atom. The van der Waals surface area contributed by atoms with Crippen LogP contribution < -0.4 is 10.1 Å². The highest BCUT2D eigenvalue weighted by atomic mass is 19.1. The number of benzene rings is 1. The molecule has 2 aromatic heterocycles. The van der Waals surface area contributed by atoms with Crippen LogP contribution in [-0.2, 0) is 0 Å². The van der Waals surface area contributed by atoms with Crippen molar-refractivity contribution in [3.8, 4) is 5.75 Å². The normalized spacial score (nSPS) is 15.6. The first-order valence-corrected chi connectivity index (χ1v) is 8.38. The molecule has 0 saturated heterocycles. The minimum Gasteiger partial charge on any atom is -0.490 e. The lowest BCUT2D eigenvalue weighted by atomic mass is 9.83. The van der Waals surface area contributed by atoms with Crippen molar-refractivity contribution in [3.63, 3.8) is 0 Å². The molecule has 3 aromatic rings. The van der Waals surface area contributed by atoms with Crippen LogP contribution in [0.2, 0.25) is 0 Å². The van der Waals surface area contributed by atoms with Crippen molar-refractivity contribution in [3.05, 3.63) is 48.7 Å². The fourth-order valence-electron chi connectivity index (χ4n) is 2.86. The molecular formula is C19H19FN4O. The maximum atomic E-state index is 14.1. The zero-order valence-electron chi connectivity index (χ0n) is 14.0. The lowest BCUT2D eigenvalue weighted by Gasteiger charge is -2.33. The first-order chi connectivity index (χ1) is 12.1. The van der Waals surface area contributed by atoms with Crippen molar-refractivity contribution in [2.24, 2.45) is 0 Å². The van der Waals surface area contributed by atoms with Crippen LogP contribution in [-0.4, -0.2) is 27.2 Å². The minimum atomic E-state index is -1.15. The van der Waals surface area contributed by atoms with E-state index in [-0.39, 0.29) is 6.61 Å². The van der Waals surface area contributed by atoms with Gasteiger partial charge < -0.3 is 10.1 Å². The molecule has 1 fully saturated rings. The number of nitrogens with one attached hydrogen (secondary N) is 1. The highest BCUT2D eigenvalue weighted by molar-refractivity contribution is 5.93. The van der Waals surface area contributed by atoms with E-state index in [0.29, 0.717) is 18.6 Å². The summed E-state index contributed by atoms with van der Waals surface area (Å²) in [6.07, 6.45) is 7.31. The Labute approximate surface area is 145 Å². The van der Waals surface area contributed by atoms with Gasteiger partial charge in [-0.15, -0.1) is 0 Å². The number of anilines is 2. The zero-order chi connectivity index (χ0) is 17.3. The van der Waals surface area contributed by atoms with Crippen molar-refractivity contribution in [1.29, 1.82) is 0 Å². The molecule has 6 heteroatoms. The van der Waals surface area contributed by atoms with Crippen LogP contribution in [0.3, 0.4) is 0 Å².